The summed E-state index contributed by atoms with van der Waals surface area (Å²) in [6.45, 7) is 12.6. The molecule has 0 saturated carbocycles. The number of likely N-dealkylation sites (tertiary alicyclic amines) is 1. The van der Waals surface area contributed by atoms with Gasteiger partial charge in [-0.2, -0.15) is 8.78 Å². The highest BCUT2D eigenvalue weighted by Gasteiger charge is 2.55. The fourth-order valence-corrected chi connectivity index (χ4v) is 11.9. The largest absolute Gasteiger partial charge is 0.404 e. The lowest BCUT2D eigenvalue weighted by molar-refractivity contribution is -0.148. The van der Waals surface area contributed by atoms with Crippen LogP contribution in [-0.4, -0.2) is 98.7 Å². The fourth-order valence-electron chi connectivity index (χ4n) is 7.65. The van der Waals surface area contributed by atoms with Crippen molar-refractivity contribution >= 4 is 80.5 Å². The van der Waals surface area contributed by atoms with Gasteiger partial charge < -0.3 is 24.2 Å². The van der Waals surface area contributed by atoms with Gasteiger partial charge >= 0.3 is 13.3 Å². The number of aryl methyl sites for hydroxylation is 1. The first kappa shape index (κ1) is 47.3. The van der Waals surface area contributed by atoms with Crippen LogP contribution in [0.5, 0.6) is 0 Å². The van der Waals surface area contributed by atoms with Gasteiger partial charge in [-0.25, -0.2) is 0 Å². The molecule has 1 aromatic carbocycles. The molecule has 3 aromatic rings. The monoisotopic (exact) mass is 920 g/mol. The van der Waals surface area contributed by atoms with Gasteiger partial charge in [0.2, 0.25) is 11.8 Å². The van der Waals surface area contributed by atoms with Crippen molar-refractivity contribution in [1.82, 2.24) is 20.1 Å². The summed E-state index contributed by atoms with van der Waals surface area (Å²) in [6.07, 6.45) is 6.65. The van der Waals surface area contributed by atoms with Crippen molar-refractivity contribution in [3.63, 3.8) is 0 Å². The van der Waals surface area contributed by atoms with Crippen LogP contribution >= 0.6 is 42.5 Å². The Kier molecular flexibility index (Phi) is 14.6. The van der Waals surface area contributed by atoms with Gasteiger partial charge in [-0.05, 0) is 79.8 Å². The molecule has 0 radical (unpaired) electrons. The number of alkyl halides is 2. The van der Waals surface area contributed by atoms with Crippen LogP contribution in [0.3, 0.4) is 0 Å². The van der Waals surface area contributed by atoms with Crippen LogP contribution in [0, 0.1) is 17.8 Å². The van der Waals surface area contributed by atoms with Gasteiger partial charge in [0.05, 0.1) is 18.1 Å². The van der Waals surface area contributed by atoms with Crippen molar-refractivity contribution in [3.05, 3.63) is 64.3 Å². The number of hydrogen-bond donors (Lipinski definition) is 1. The Hall–Kier alpha value is -3.21. The second-order valence-corrected chi connectivity index (χ2v) is 23.3. The molecule has 2 aromatic heterocycles. The Labute approximate surface area is 368 Å². The highest BCUT2D eigenvalue weighted by molar-refractivity contribution is 8.14. The summed E-state index contributed by atoms with van der Waals surface area (Å²) in [5, 5.41) is 2.78. The summed E-state index contributed by atoms with van der Waals surface area (Å²) in [6, 6.07) is 5.48. The molecule has 1 N–H and O–H groups in total. The maximum Gasteiger partial charge on any atom is 0.404 e. The average Bonchev–Trinajstić information content (AvgIpc) is 3.77. The van der Waals surface area contributed by atoms with E-state index in [2.05, 4.69) is 10.3 Å². The maximum atomic E-state index is 16.4. The predicted molar refractivity (Wildman–Crippen MR) is 236 cm³/mol. The van der Waals surface area contributed by atoms with E-state index in [0.717, 1.165) is 64.5 Å². The molecule has 3 aliphatic rings. The van der Waals surface area contributed by atoms with Crippen LogP contribution < -0.4 is 5.32 Å². The molecule has 6 rings (SSSR count). The molecule has 0 aliphatic carbocycles. The lowest BCUT2D eigenvalue weighted by Gasteiger charge is -2.43. The number of hydrogen-bond acceptors (Lipinski definition) is 12. The molecule has 12 nitrogen and oxygen atoms in total. The van der Waals surface area contributed by atoms with E-state index in [9.17, 15) is 28.5 Å². The van der Waals surface area contributed by atoms with Crippen molar-refractivity contribution < 1.29 is 46.4 Å². The molecule has 3 saturated heterocycles. The molecule has 3 fully saturated rings. The zero-order valence-corrected chi connectivity index (χ0v) is 39.0. The summed E-state index contributed by atoms with van der Waals surface area (Å²) in [5.74, 6) is -0.813. The van der Waals surface area contributed by atoms with E-state index in [1.54, 1.807) is 57.5 Å². The second kappa shape index (κ2) is 18.9. The number of benzene rings is 1. The first-order valence-electron chi connectivity index (χ1n) is 20.6. The number of aromatic nitrogens is 1. The van der Waals surface area contributed by atoms with Crippen molar-refractivity contribution in [3.8, 4) is 0 Å². The van der Waals surface area contributed by atoms with E-state index in [4.69, 9.17) is 9.05 Å². The molecule has 61 heavy (non-hydrogen) atoms. The highest BCUT2D eigenvalue weighted by atomic mass is 32.2. The number of pyridine rings is 1. The summed E-state index contributed by atoms with van der Waals surface area (Å²) in [7, 11) is -5.25. The summed E-state index contributed by atoms with van der Waals surface area (Å²) in [4.78, 5) is 74.3. The van der Waals surface area contributed by atoms with E-state index < -0.39 is 60.9 Å². The standard InChI is InChI=1S/C43H55F2N4O8PS3/c1-26-15-16-46-23-31(26)28-24-48(25-28)38(52)33-13-12-30-9-8-10-32(37(51)49(30)33)47-36(50)35-22-27-21-29(11-14-34(27)61-35)43(44,45)58(55,56-17-19-59-39(53)41(2,3)4)57-18-20-60-40(54)42(5,6)7/h11,14-16,21-23,28,30,32-33H,8-10,12-13,17-20,24-25H2,1-7H3,(H,47,50)/t30-,32-,33-/m0/s1. The van der Waals surface area contributed by atoms with Gasteiger partial charge in [-0.15, -0.1) is 11.3 Å². The molecule has 0 unspecified atom stereocenters. The number of fused-ring (bicyclic) bond motifs is 2. The molecular formula is C43H55F2N4O8PS3. The molecule has 3 amide bonds. The van der Waals surface area contributed by atoms with Gasteiger partial charge in [0.1, 0.15) is 12.1 Å². The molecule has 5 heterocycles. The Bertz CT molecular complexity index is 2160. The Morgan fingerprint density at radius 1 is 0.918 bits per heavy atom. The minimum atomic E-state index is -5.25. The number of thioether (sulfide) groups is 2. The van der Waals surface area contributed by atoms with Crippen LogP contribution in [0.4, 0.5) is 8.78 Å². The van der Waals surface area contributed by atoms with Crippen LogP contribution in [0.15, 0.2) is 42.7 Å². The number of amides is 3. The number of carbonyl (C=O) groups is 5. The number of halogens is 2. The van der Waals surface area contributed by atoms with Gasteiger partial charge in [-0.3, -0.25) is 33.5 Å². The minimum absolute atomic E-state index is 0.0385. The quantitative estimate of drug-likeness (QED) is 0.122. The third kappa shape index (κ3) is 10.6. The lowest BCUT2D eigenvalue weighted by atomic mass is 9.89. The number of nitrogens with zero attached hydrogens (tertiary/aromatic N) is 3. The van der Waals surface area contributed by atoms with Crippen molar-refractivity contribution in [2.75, 3.05) is 37.8 Å². The molecule has 0 spiro atoms. The molecule has 332 valence electrons. The zero-order valence-electron chi connectivity index (χ0n) is 35.7. The molecule has 0 bridgehead atoms. The Morgan fingerprint density at radius 2 is 1.56 bits per heavy atom. The van der Waals surface area contributed by atoms with Crippen LogP contribution in [0.25, 0.3) is 10.1 Å². The summed E-state index contributed by atoms with van der Waals surface area (Å²) < 4.78 is 58.0. The summed E-state index contributed by atoms with van der Waals surface area (Å²) in [5.41, 5.74) is -3.92. The van der Waals surface area contributed by atoms with Gasteiger partial charge in [0, 0.05) is 70.0 Å². The Balaban J connectivity index is 1.13. The second-order valence-electron chi connectivity index (χ2n) is 18.0. The third-order valence-electron chi connectivity index (χ3n) is 11.2. The van der Waals surface area contributed by atoms with Crippen LogP contribution in [0.2, 0.25) is 0 Å². The molecule has 18 heteroatoms. The van der Waals surface area contributed by atoms with E-state index >= 15 is 8.78 Å². The number of carbonyl (C=O) groups excluding carboxylic acids is 5. The topological polar surface area (TPSA) is 152 Å². The van der Waals surface area contributed by atoms with Crippen molar-refractivity contribution in [2.24, 2.45) is 10.8 Å². The van der Waals surface area contributed by atoms with E-state index in [-0.39, 0.29) is 55.8 Å². The first-order chi connectivity index (χ1) is 28.6. The lowest BCUT2D eigenvalue weighted by Crippen LogP contribution is -2.58. The number of rotatable bonds is 14. The van der Waals surface area contributed by atoms with Gasteiger partial charge in [0.15, 0.2) is 10.2 Å². The van der Waals surface area contributed by atoms with Gasteiger partial charge in [-0.1, -0.05) is 71.1 Å². The minimum Gasteiger partial charge on any atom is -0.340 e. The van der Waals surface area contributed by atoms with E-state index in [0.29, 0.717) is 43.5 Å². The third-order valence-corrected chi connectivity index (χ3v) is 16.8. The zero-order chi connectivity index (χ0) is 44.5. The fraction of sp³-hybridized carbons (Fsp3) is 0.581. The number of nitrogens with one attached hydrogen (secondary N) is 1. The Morgan fingerprint density at radius 3 is 2.16 bits per heavy atom. The smallest absolute Gasteiger partial charge is 0.340 e. The molecular weight excluding hydrogens is 866 g/mol. The maximum absolute atomic E-state index is 16.4. The van der Waals surface area contributed by atoms with Crippen LogP contribution in [-0.2, 0) is 38.5 Å². The van der Waals surface area contributed by atoms with E-state index in [1.165, 1.54) is 12.1 Å². The van der Waals surface area contributed by atoms with Crippen molar-refractivity contribution in [2.45, 2.75) is 110 Å². The van der Waals surface area contributed by atoms with Gasteiger partial charge in [0.25, 0.3) is 5.91 Å². The SMILES string of the molecule is Cc1ccncc1C1CN(C(=O)[C@@H]2CC[C@@H]3CCC[C@H](NC(=O)c4cc5cc(C(F)(F)P(=O)(OCCSC(=O)C(C)(C)C)OCCSC(=O)C(C)(C)C)ccc5s4)C(=O)N32)C1. The number of thiophene rings is 1. The molecule has 3 atom stereocenters. The normalized spacial score (nSPS) is 20.3. The average molecular weight is 921 g/mol. The first-order valence-corrected chi connectivity index (χ1v) is 24.9. The highest BCUT2D eigenvalue weighted by Crippen LogP contribution is 2.67. The summed E-state index contributed by atoms with van der Waals surface area (Å²) >= 11 is 2.83. The predicted octanol–water partition coefficient (Wildman–Crippen LogP) is 8.76. The van der Waals surface area contributed by atoms with E-state index in [1.807, 2.05) is 19.2 Å². The van der Waals surface area contributed by atoms with Crippen LogP contribution in [0.1, 0.15) is 106 Å². The molecule has 3 aliphatic heterocycles. The van der Waals surface area contributed by atoms with Crippen molar-refractivity contribution in [1.29, 1.82) is 0 Å².